The number of esters is 1. The van der Waals surface area contributed by atoms with Crippen molar-refractivity contribution in [1.82, 2.24) is 9.96 Å². The molecular formula is C12H17N3O5. The van der Waals surface area contributed by atoms with Crippen LogP contribution in [0.4, 0.5) is 4.79 Å². The third-order valence-electron chi connectivity index (χ3n) is 3.29. The summed E-state index contributed by atoms with van der Waals surface area (Å²) in [6.45, 7) is 3.68. The monoisotopic (exact) mass is 283 g/mol. The summed E-state index contributed by atoms with van der Waals surface area (Å²) in [4.78, 5) is 41.3. The fraction of sp³-hybridized carbons (Fsp3) is 0.583. The van der Waals surface area contributed by atoms with Crippen LogP contribution in [0.5, 0.6) is 0 Å². The van der Waals surface area contributed by atoms with Crippen molar-refractivity contribution in [3.05, 3.63) is 11.6 Å². The minimum Gasteiger partial charge on any atom is -0.464 e. The van der Waals surface area contributed by atoms with E-state index in [1.165, 1.54) is 4.90 Å². The molecule has 1 saturated heterocycles. The van der Waals surface area contributed by atoms with Crippen LogP contribution in [-0.2, 0) is 19.2 Å². The van der Waals surface area contributed by atoms with Gasteiger partial charge in [0.15, 0.2) is 6.61 Å². The van der Waals surface area contributed by atoms with E-state index in [9.17, 15) is 14.4 Å². The van der Waals surface area contributed by atoms with Crippen molar-refractivity contribution >= 4 is 17.9 Å². The minimum absolute atomic E-state index is 0.244. The summed E-state index contributed by atoms with van der Waals surface area (Å²) in [6, 6.07) is -1.56. The summed E-state index contributed by atoms with van der Waals surface area (Å²) in [7, 11) is 0. The second-order valence-corrected chi connectivity index (χ2v) is 4.61. The van der Waals surface area contributed by atoms with Gasteiger partial charge in [0.2, 0.25) is 5.91 Å². The number of fused-ring (bicyclic) bond motifs is 2. The number of hydroxylamine groups is 2. The van der Waals surface area contributed by atoms with Gasteiger partial charge in [-0.15, -0.1) is 0 Å². The Bertz CT molecular complexity index is 476. The van der Waals surface area contributed by atoms with Crippen molar-refractivity contribution in [3.63, 3.8) is 0 Å². The van der Waals surface area contributed by atoms with Crippen LogP contribution in [-0.4, -0.2) is 59.7 Å². The Balaban J connectivity index is 2.07. The molecule has 2 N–H and O–H groups in total. The van der Waals surface area contributed by atoms with Gasteiger partial charge in [-0.1, -0.05) is 6.08 Å². The lowest BCUT2D eigenvalue weighted by molar-refractivity contribution is -0.170. The van der Waals surface area contributed by atoms with E-state index in [1.54, 1.807) is 19.9 Å². The zero-order valence-corrected chi connectivity index (χ0v) is 11.4. The summed E-state index contributed by atoms with van der Waals surface area (Å²) >= 11 is 0. The molecule has 2 heterocycles. The topological polar surface area (TPSA) is 102 Å². The van der Waals surface area contributed by atoms with Crippen molar-refractivity contribution in [2.24, 2.45) is 5.73 Å². The molecule has 8 heteroatoms. The normalized spacial score (nSPS) is 24.7. The van der Waals surface area contributed by atoms with Gasteiger partial charge in [-0.3, -0.25) is 9.63 Å². The molecule has 0 aliphatic carbocycles. The molecule has 110 valence electrons. The summed E-state index contributed by atoms with van der Waals surface area (Å²) in [5.41, 5.74) is 6.08. The average molecular weight is 283 g/mol. The molecule has 0 aromatic carbocycles. The van der Waals surface area contributed by atoms with Gasteiger partial charge in [0.1, 0.15) is 6.04 Å². The molecule has 2 aliphatic heterocycles. The highest BCUT2D eigenvalue weighted by Crippen LogP contribution is 2.29. The van der Waals surface area contributed by atoms with Crippen LogP contribution in [0, 0.1) is 0 Å². The quantitative estimate of drug-likeness (QED) is 0.536. The van der Waals surface area contributed by atoms with E-state index in [2.05, 4.69) is 0 Å². The number of hydrogen-bond donors (Lipinski definition) is 1. The van der Waals surface area contributed by atoms with E-state index in [4.69, 9.17) is 15.3 Å². The number of hydrogen-bond acceptors (Lipinski definition) is 5. The van der Waals surface area contributed by atoms with Gasteiger partial charge in [-0.25, -0.2) is 9.59 Å². The number of nitrogens with two attached hydrogens (primary N) is 1. The largest absolute Gasteiger partial charge is 0.464 e. The first-order valence-electron chi connectivity index (χ1n) is 6.31. The molecular weight excluding hydrogens is 266 g/mol. The third kappa shape index (κ3) is 2.46. The first-order valence-corrected chi connectivity index (χ1v) is 6.31. The summed E-state index contributed by atoms with van der Waals surface area (Å²) in [5, 5.41) is 1.10. The van der Waals surface area contributed by atoms with E-state index < -0.39 is 23.9 Å². The predicted octanol–water partition coefficient (Wildman–Crippen LogP) is -0.599. The lowest BCUT2D eigenvalue weighted by Gasteiger charge is -2.25. The molecule has 2 bridgehead atoms. The van der Waals surface area contributed by atoms with Gasteiger partial charge in [0.05, 0.1) is 19.2 Å². The molecule has 0 saturated carbocycles. The van der Waals surface area contributed by atoms with Gasteiger partial charge in [0, 0.05) is 0 Å². The van der Waals surface area contributed by atoms with Crippen molar-refractivity contribution in [1.29, 1.82) is 0 Å². The molecule has 0 spiro atoms. The van der Waals surface area contributed by atoms with Gasteiger partial charge in [-0.05, 0) is 19.4 Å². The Hall–Kier alpha value is -2.09. The maximum Gasteiger partial charge on any atom is 0.345 e. The molecule has 1 fully saturated rings. The SMILES string of the molecule is CCOC(=O)CON1C(=O)N2C[C@@H]1C(C)=C[C@H]2C(N)=O. The first-order chi connectivity index (χ1) is 9.45. The van der Waals surface area contributed by atoms with Crippen LogP contribution >= 0.6 is 0 Å². The molecule has 0 radical (unpaired) electrons. The van der Waals surface area contributed by atoms with Crippen LogP contribution in [0.15, 0.2) is 11.6 Å². The second kappa shape index (κ2) is 5.49. The first kappa shape index (κ1) is 14.3. The Kier molecular flexibility index (Phi) is 3.93. The van der Waals surface area contributed by atoms with E-state index in [1.807, 2.05) is 0 Å². The van der Waals surface area contributed by atoms with Crippen LogP contribution < -0.4 is 5.73 Å². The van der Waals surface area contributed by atoms with Gasteiger partial charge >= 0.3 is 12.0 Å². The standard InChI is InChI=1S/C12H17N3O5/c1-3-19-10(16)6-20-15-9-5-14(12(15)18)8(11(13)17)4-7(9)2/h4,8-9H,3,5-6H2,1-2H3,(H2,13,17)/t8-,9+/m0/s1. The molecule has 2 aliphatic rings. The van der Waals surface area contributed by atoms with Crippen molar-refractivity contribution in [2.45, 2.75) is 25.9 Å². The number of rotatable bonds is 5. The average Bonchev–Trinajstić information content (AvgIpc) is 2.66. The maximum absolute atomic E-state index is 12.2. The maximum atomic E-state index is 12.2. The highest BCUT2D eigenvalue weighted by Gasteiger charge is 2.47. The lowest BCUT2D eigenvalue weighted by atomic mass is 10.0. The predicted molar refractivity (Wildman–Crippen MR) is 67.1 cm³/mol. The summed E-state index contributed by atoms with van der Waals surface area (Å²) < 4.78 is 4.73. The molecule has 2 rings (SSSR count). The lowest BCUT2D eigenvalue weighted by Crippen LogP contribution is -2.46. The van der Waals surface area contributed by atoms with E-state index in [0.29, 0.717) is 6.54 Å². The molecule has 0 unspecified atom stereocenters. The van der Waals surface area contributed by atoms with Crippen LogP contribution in [0.2, 0.25) is 0 Å². The molecule has 2 atom stereocenters. The number of amides is 3. The van der Waals surface area contributed by atoms with Crippen molar-refractivity contribution in [3.8, 4) is 0 Å². The molecule has 3 amide bonds. The Labute approximate surface area is 116 Å². The van der Waals surface area contributed by atoms with E-state index in [0.717, 1.165) is 10.6 Å². The number of primary amides is 1. The zero-order chi connectivity index (χ0) is 14.9. The van der Waals surface area contributed by atoms with Gasteiger partial charge in [-0.2, -0.15) is 5.06 Å². The van der Waals surface area contributed by atoms with E-state index >= 15 is 0 Å². The summed E-state index contributed by atoms with van der Waals surface area (Å²) in [6.07, 6.45) is 1.64. The van der Waals surface area contributed by atoms with Crippen LogP contribution in [0.3, 0.4) is 0 Å². The zero-order valence-electron chi connectivity index (χ0n) is 11.4. The second-order valence-electron chi connectivity index (χ2n) is 4.61. The molecule has 0 aromatic rings. The van der Waals surface area contributed by atoms with Crippen LogP contribution in [0.25, 0.3) is 0 Å². The number of carbonyl (C=O) groups excluding carboxylic acids is 3. The van der Waals surface area contributed by atoms with E-state index in [-0.39, 0.29) is 19.3 Å². The third-order valence-corrected chi connectivity index (χ3v) is 3.29. The smallest absolute Gasteiger partial charge is 0.345 e. The fourth-order valence-corrected chi connectivity index (χ4v) is 2.32. The fourth-order valence-electron chi connectivity index (χ4n) is 2.32. The highest BCUT2D eigenvalue weighted by atomic mass is 16.7. The number of nitrogens with zero attached hydrogens (tertiary/aromatic N) is 2. The number of ether oxygens (including phenoxy) is 1. The van der Waals surface area contributed by atoms with Crippen LogP contribution in [0.1, 0.15) is 13.8 Å². The Morgan fingerprint density at radius 2 is 2.20 bits per heavy atom. The van der Waals surface area contributed by atoms with Gasteiger partial charge in [0.25, 0.3) is 0 Å². The van der Waals surface area contributed by atoms with Gasteiger partial charge < -0.3 is 15.4 Å². The number of urea groups is 1. The number of carbonyl (C=O) groups is 3. The van der Waals surface area contributed by atoms with Crippen molar-refractivity contribution in [2.75, 3.05) is 19.8 Å². The molecule has 8 nitrogen and oxygen atoms in total. The molecule has 20 heavy (non-hydrogen) atoms. The highest BCUT2D eigenvalue weighted by molar-refractivity contribution is 5.90. The minimum atomic E-state index is -0.769. The summed E-state index contributed by atoms with van der Waals surface area (Å²) in [5.74, 6) is -1.15. The Morgan fingerprint density at radius 3 is 2.80 bits per heavy atom. The molecule has 0 aromatic heterocycles. The Morgan fingerprint density at radius 1 is 1.50 bits per heavy atom. The van der Waals surface area contributed by atoms with Crippen molar-refractivity contribution < 1.29 is 24.0 Å².